The molecular formula is C16H20N2O2. The van der Waals surface area contributed by atoms with Crippen molar-refractivity contribution < 1.29 is 9.53 Å². The van der Waals surface area contributed by atoms with Gasteiger partial charge in [0.25, 0.3) is 0 Å². The Hall–Kier alpha value is -1.84. The molecule has 1 saturated carbocycles. The molecule has 106 valence electrons. The summed E-state index contributed by atoms with van der Waals surface area (Å²) in [5.74, 6) is 1.52. The maximum atomic E-state index is 11.7. The van der Waals surface area contributed by atoms with Crippen LogP contribution >= 0.6 is 0 Å². The van der Waals surface area contributed by atoms with Gasteiger partial charge in [-0.15, -0.1) is 0 Å². The summed E-state index contributed by atoms with van der Waals surface area (Å²) < 4.78 is 5.02. The third-order valence-corrected chi connectivity index (χ3v) is 4.00. The summed E-state index contributed by atoms with van der Waals surface area (Å²) >= 11 is 0. The third kappa shape index (κ3) is 2.69. The van der Waals surface area contributed by atoms with Crippen LogP contribution in [0.3, 0.4) is 0 Å². The molecule has 20 heavy (non-hydrogen) atoms. The van der Waals surface area contributed by atoms with Gasteiger partial charge in [-0.1, -0.05) is 25.7 Å². The van der Waals surface area contributed by atoms with E-state index in [1.54, 1.807) is 6.07 Å². The molecule has 1 aromatic carbocycles. The maximum absolute atomic E-state index is 11.7. The van der Waals surface area contributed by atoms with E-state index in [1.165, 1.54) is 25.7 Å². The molecule has 3 rings (SSSR count). The van der Waals surface area contributed by atoms with E-state index in [-0.39, 0.29) is 5.97 Å². The molecule has 0 spiro atoms. The molecule has 1 N–H and O–H groups in total. The van der Waals surface area contributed by atoms with Gasteiger partial charge in [0.2, 0.25) is 0 Å². The highest BCUT2D eigenvalue weighted by molar-refractivity contribution is 5.93. The molecule has 0 radical (unpaired) electrons. The van der Waals surface area contributed by atoms with E-state index in [1.807, 2.05) is 19.1 Å². The fourth-order valence-corrected chi connectivity index (χ4v) is 2.99. The first-order valence-corrected chi connectivity index (χ1v) is 7.42. The van der Waals surface area contributed by atoms with E-state index in [0.29, 0.717) is 12.2 Å². The normalized spacial score (nSPS) is 15.8. The SMILES string of the molecule is CCOC(=O)c1ccc2nc(CC3CCCC3)[nH]c2c1. The number of fused-ring (bicyclic) bond motifs is 1. The summed E-state index contributed by atoms with van der Waals surface area (Å²) in [5.41, 5.74) is 2.42. The molecule has 0 unspecified atom stereocenters. The molecule has 0 saturated heterocycles. The van der Waals surface area contributed by atoms with Crippen LogP contribution in [0.2, 0.25) is 0 Å². The lowest BCUT2D eigenvalue weighted by atomic mass is 10.0. The molecule has 1 heterocycles. The number of nitrogens with zero attached hydrogens (tertiary/aromatic N) is 1. The Morgan fingerprint density at radius 2 is 2.20 bits per heavy atom. The van der Waals surface area contributed by atoms with Crippen LogP contribution in [0.4, 0.5) is 0 Å². The number of ether oxygens (including phenoxy) is 1. The number of aromatic amines is 1. The molecule has 0 atom stereocenters. The van der Waals surface area contributed by atoms with Crippen LogP contribution in [0.15, 0.2) is 18.2 Å². The predicted octanol–water partition coefficient (Wildman–Crippen LogP) is 3.47. The van der Waals surface area contributed by atoms with Crippen LogP contribution in [0.5, 0.6) is 0 Å². The van der Waals surface area contributed by atoms with Crippen LogP contribution in [0.1, 0.15) is 48.8 Å². The number of hydrogen-bond acceptors (Lipinski definition) is 3. The zero-order valence-electron chi connectivity index (χ0n) is 11.8. The van der Waals surface area contributed by atoms with Crippen molar-refractivity contribution in [3.63, 3.8) is 0 Å². The molecule has 4 nitrogen and oxygen atoms in total. The fraction of sp³-hybridized carbons (Fsp3) is 0.500. The lowest BCUT2D eigenvalue weighted by molar-refractivity contribution is 0.0526. The number of esters is 1. The Labute approximate surface area is 118 Å². The smallest absolute Gasteiger partial charge is 0.338 e. The van der Waals surface area contributed by atoms with E-state index in [2.05, 4.69) is 9.97 Å². The van der Waals surface area contributed by atoms with E-state index in [0.717, 1.165) is 29.2 Å². The molecule has 0 aliphatic heterocycles. The molecule has 0 bridgehead atoms. The number of aromatic nitrogens is 2. The first-order valence-electron chi connectivity index (χ1n) is 7.42. The van der Waals surface area contributed by atoms with Crippen LogP contribution in [-0.2, 0) is 11.2 Å². The first kappa shape index (κ1) is 13.2. The van der Waals surface area contributed by atoms with E-state index in [4.69, 9.17) is 4.74 Å². The number of rotatable bonds is 4. The quantitative estimate of drug-likeness (QED) is 0.867. The van der Waals surface area contributed by atoms with Crippen LogP contribution in [0, 0.1) is 5.92 Å². The summed E-state index contributed by atoms with van der Waals surface area (Å²) in [6, 6.07) is 5.50. The van der Waals surface area contributed by atoms with Crippen molar-refractivity contribution in [2.45, 2.75) is 39.0 Å². The fourth-order valence-electron chi connectivity index (χ4n) is 2.99. The number of H-pyrrole nitrogens is 1. The van der Waals surface area contributed by atoms with E-state index >= 15 is 0 Å². The van der Waals surface area contributed by atoms with Crippen molar-refractivity contribution in [1.29, 1.82) is 0 Å². The minimum atomic E-state index is -0.277. The minimum Gasteiger partial charge on any atom is -0.462 e. The summed E-state index contributed by atoms with van der Waals surface area (Å²) in [4.78, 5) is 19.7. The molecule has 1 aliphatic carbocycles. The van der Waals surface area contributed by atoms with Crippen molar-refractivity contribution in [1.82, 2.24) is 9.97 Å². The maximum Gasteiger partial charge on any atom is 0.338 e. The average Bonchev–Trinajstić information content (AvgIpc) is 3.07. The topological polar surface area (TPSA) is 55.0 Å². The summed E-state index contributed by atoms with van der Waals surface area (Å²) in [6.45, 7) is 2.21. The molecule has 2 aromatic rings. The highest BCUT2D eigenvalue weighted by Crippen LogP contribution is 2.28. The number of imidazole rings is 1. The van der Waals surface area contributed by atoms with Gasteiger partial charge in [0, 0.05) is 6.42 Å². The molecule has 0 amide bonds. The number of benzene rings is 1. The molecule has 1 fully saturated rings. The second kappa shape index (κ2) is 5.65. The molecule has 1 aliphatic rings. The average molecular weight is 272 g/mol. The van der Waals surface area contributed by atoms with E-state index in [9.17, 15) is 4.79 Å². The van der Waals surface area contributed by atoms with Gasteiger partial charge < -0.3 is 9.72 Å². The van der Waals surface area contributed by atoms with Crippen LogP contribution in [0.25, 0.3) is 11.0 Å². The van der Waals surface area contributed by atoms with Crippen LogP contribution in [-0.4, -0.2) is 22.5 Å². The van der Waals surface area contributed by atoms with Crippen LogP contribution < -0.4 is 0 Å². The van der Waals surface area contributed by atoms with E-state index < -0.39 is 0 Å². The standard InChI is InChI=1S/C16H20N2O2/c1-2-20-16(19)12-7-8-13-14(10-12)18-15(17-13)9-11-5-3-4-6-11/h7-8,10-11H,2-6,9H2,1H3,(H,17,18). The van der Waals surface area contributed by atoms with Crippen molar-refractivity contribution >= 4 is 17.0 Å². The Balaban J connectivity index is 1.81. The Kier molecular flexibility index (Phi) is 3.72. The number of carbonyl (C=O) groups is 1. The minimum absolute atomic E-state index is 0.277. The monoisotopic (exact) mass is 272 g/mol. The largest absolute Gasteiger partial charge is 0.462 e. The van der Waals surface area contributed by atoms with Gasteiger partial charge in [-0.25, -0.2) is 9.78 Å². The van der Waals surface area contributed by atoms with Crippen molar-refractivity contribution in [3.8, 4) is 0 Å². The zero-order valence-corrected chi connectivity index (χ0v) is 11.8. The lowest BCUT2D eigenvalue weighted by Gasteiger charge is -2.04. The Bertz CT molecular complexity index is 612. The van der Waals surface area contributed by atoms with Gasteiger partial charge in [0.15, 0.2) is 0 Å². The van der Waals surface area contributed by atoms with Gasteiger partial charge in [0.05, 0.1) is 23.2 Å². The third-order valence-electron chi connectivity index (χ3n) is 4.00. The lowest BCUT2D eigenvalue weighted by Crippen LogP contribution is -2.04. The Morgan fingerprint density at radius 3 is 2.95 bits per heavy atom. The van der Waals surface area contributed by atoms with Crippen molar-refractivity contribution in [2.24, 2.45) is 5.92 Å². The highest BCUT2D eigenvalue weighted by Gasteiger charge is 2.17. The first-order chi connectivity index (χ1) is 9.76. The molecular weight excluding hydrogens is 252 g/mol. The van der Waals surface area contributed by atoms with Gasteiger partial charge in [-0.2, -0.15) is 0 Å². The number of carbonyl (C=O) groups excluding carboxylic acids is 1. The molecule has 1 aromatic heterocycles. The highest BCUT2D eigenvalue weighted by atomic mass is 16.5. The second-order valence-electron chi connectivity index (χ2n) is 5.49. The van der Waals surface area contributed by atoms with Crippen molar-refractivity contribution in [2.75, 3.05) is 6.61 Å². The van der Waals surface area contributed by atoms with Gasteiger partial charge >= 0.3 is 5.97 Å². The van der Waals surface area contributed by atoms with Crippen molar-refractivity contribution in [3.05, 3.63) is 29.6 Å². The number of hydrogen-bond donors (Lipinski definition) is 1. The summed E-state index contributed by atoms with van der Waals surface area (Å²) in [6.07, 6.45) is 6.33. The summed E-state index contributed by atoms with van der Waals surface area (Å²) in [7, 11) is 0. The second-order valence-corrected chi connectivity index (χ2v) is 5.49. The van der Waals surface area contributed by atoms with Gasteiger partial charge in [-0.3, -0.25) is 0 Å². The number of nitrogens with one attached hydrogen (secondary N) is 1. The predicted molar refractivity (Wildman–Crippen MR) is 77.7 cm³/mol. The molecule has 4 heteroatoms. The Morgan fingerprint density at radius 1 is 1.40 bits per heavy atom. The summed E-state index contributed by atoms with van der Waals surface area (Å²) in [5, 5.41) is 0. The van der Waals surface area contributed by atoms with Gasteiger partial charge in [-0.05, 0) is 31.0 Å². The van der Waals surface area contributed by atoms with Gasteiger partial charge in [0.1, 0.15) is 5.82 Å². The zero-order chi connectivity index (χ0) is 13.9.